The number of anilines is 3. The highest BCUT2D eigenvalue weighted by molar-refractivity contribution is 6.11. The van der Waals surface area contributed by atoms with Crippen molar-refractivity contribution in [2.24, 2.45) is 0 Å². The first-order valence-corrected chi connectivity index (χ1v) is 15.2. The van der Waals surface area contributed by atoms with E-state index in [1.54, 1.807) is 6.20 Å². The van der Waals surface area contributed by atoms with Crippen LogP contribution in [0.2, 0.25) is 0 Å². The molecule has 0 saturated carbocycles. The minimum absolute atomic E-state index is 0.494. The molecule has 0 atom stereocenters. The van der Waals surface area contributed by atoms with Gasteiger partial charge in [0.1, 0.15) is 11.4 Å². The van der Waals surface area contributed by atoms with Gasteiger partial charge >= 0.3 is 0 Å². The van der Waals surface area contributed by atoms with E-state index >= 15 is 0 Å². The first-order chi connectivity index (χ1) is 22.8. The van der Waals surface area contributed by atoms with Gasteiger partial charge < -0.3 is 14.1 Å². The fourth-order valence-corrected chi connectivity index (χ4v) is 6.36. The highest BCUT2D eigenvalue weighted by atomic mass is 16.5. The van der Waals surface area contributed by atoms with E-state index in [2.05, 4.69) is 93.3 Å². The van der Waals surface area contributed by atoms with Gasteiger partial charge in [0, 0.05) is 57.4 Å². The first kappa shape index (κ1) is 26.0. The zero-order valence-corrected chi connectivity index (χ0v) is 24.6. The maximum Gasteiger partial charge on any atom is 0.219 e. The Morgan fingerprint density at radius 2 is 1.26 bits per heavy atom. The molecule has 0 radical (unpaired) electrons. The van der Waals surface area contributed by atoms with Gasteiger partial charge in [0.05, 0.1) is 16.7 Å². The number of furan rings is 1. The lowest BCUT2D eigenvalue weighted by Gasteiger charge is -2.26. The van der Waals surface area contributed by atoms with Gasteiger partial charge in [-0.1, -0.05) is 72.8 Å². The van der Waals surface area contributed by atoms with Gasteiger partial charge in [-0.2, -0.15) is 0 Å². The normalized spacial score (nSPS) is 11.5. The molecule has 0 bridgehead atoms. The minimum Gasteiger partial charge on any atom is -0.452 e. The fourth-order valence-electron chi connectivity index (χ4n) is 6.36. The van der Waals surface area contributed by atoms with Gasteiger partial charge in [0.2, 0.25) is 5.88 Å². The summed E-state index contributed by atoms with van der Waals surface area (Å²) in [4.78, 5) is 11.4. The molecule has 0 aliphatic rings. The molecule has 6 nitrogen and oxygen atoms in total. The highest BCUT2D eigenvalue weighted by Gasteiger charge is 2.21. The molecule has 4 aromatic heterocycles. The molecule has 9 aromatic rings. The summed E-state index contributed by atoms with van der Waals surface area (Å²) < 4.78 is 15.0. The van der Waals surface area contributed by atoms with Gasteiger partial charge in [-0.3, -0.25) is 4.57 Å². The van der Waals surface area contributed by atoms with Crippen LogP contribution in [-0.4, -0.2) is 14.5 Å². The van der Waals surface area contributed by atoms with E-state index in [1.807, 2.05) is 72.9 Å². The quantitative estimate of drug-likeness (QED) is 0.192. The number of nitrogens with zero attached hydrogens (tertiary/aromatic N) is 4. The number of pyridine rings is 2. The summed E-state index contributed by atoms with van der Waals surface area (Å²) in [6.45, 7) is 0. The topological polar surface area (TPSA) is 56.3 Å². The first-order valence-electron chi connectivity index (χ1n) is 15.2. The number of rotatable bonds is 6. The Labute approximate surface area is 264 Å². The Morgan fingerprint density at radius 3 is 2.09 bits per heavy atom. The maximum absolute atomic E-state index is 6.43. The Balaban J connectivity index is 1.32. The Hall–Kier alpha value is -6.40. The Bertz CT molecular complexity index is 2510. The SMILES string of the molecule is c1ccc(N(c2cc(Oc3ccccn3)c3oc4ccccc4c3c2)c2ccc3c4ccccc4n(-c4ccccn4)c3c2)cc1. The van der Waals surface area contributed by atoms with Gasteiger partial charge in [0.25, 0.3) is 0 Å². The number of para-hydroxylation sites is 3. The third-order valence-corrected chi connectivity index (χ3v) is 8.35. The van der Waals surface area contributed by atoms with Crippen LogP contribution < -0.4 is 9.64 Å². The van der Waals surface area contributed by atoms with Crippen LogP contribution in [0.4, 0.5) is 17.1 Å². The van der Waals surface area contributed by atoms with Crippen LogP contribution in [-0.2, 0) is 0 Å². The number of ether oxygens (including phenoxy) is 1. The van der Waals surface area contributed by atoms with Crippen molar-refractivity contribution < 1.29 is 9.15 Å². The molecule has 9 rings (SSSR count). The summed E-state index contributed by atoms with van der Waals surface area (Å²) in [7, 11) is 0. The molecule has 0 fully saturated rings. The van der Waals surface area contributed by atoms with Crippen LogP contribution in [0, 0.1) is 0 Å². The fraction of sp³-hybridized carbons (Fsp3) is 0. The molecule has 4 heterocycles. The second-order valence-corrected chi connectivity index (χ2v) is 11.1. The zero-order valence-electron chi connectivity index (χ0n) is 24.6. The molecular formula is C40H26N4O2. The number of hydrogen-bond donors (Lipinski definition) is 0. The monoisotopic (exact) mass is 594 g/mol. The lowest BCUT2D eigenvalue weighted by atomic mass is 10.1. The minimum atomic E-state index is 0.494. The Morgan fingerprint density at radius 1 is 0.522 bits per heavy atom. The van der Waals surface area contributed by atoms with Crippen molar-refractivity contribution in [1.82, 2.24) is 14.5 Å². The van der Waals surface area contributed by atoms with E-state index in [0.717, 1.165) is 55.7 Å². The number of fused-ring (bicyclic) bond motifs is 6. The highest BCUT2D eigenvalue weighted by Crippen LogP contribution is 2.45. The van der Waals surface area contributed by atoms with Crippen molar-refractivity contribution in [3.8, 4) is 17.4 Å². The van der Waals surface area contributed by atoms with Crippen molar-refractivity contribution in [3.63, 3.8) is 0 Å². The molecule has 0 spiro atoms. The standard InChI is InChI=1S/C40H26N4O2/c1-2-12-27(13-3-1)43(28-20-21-31-30-14-4-6-16-34(30)44(35(31)25-28)38-18-8-10-22-41-38)29-24-33-32-15-5-7-17-36(32)46-40(33)37(26-29)45-39-19-9-11-23-42-39/h1-26H. The summed E-state index contributed by atoms with van der Waals surface area (Å²) >= 11 is 0. The summed E-state index contributed by atoms with van der Waals surface area (Å²) in [5.41, 5.74) is 6.58. The molecule has 0 aliphatic heterocycles. The van der Waals surface area contributed by atoms with E-state index < -0.39 is 0 Å². The van der Waals surface area contributed by atoms with Crippen LogP contribution >= 0.6 is 0 Å². The third-order valence-electron chi connectivity index (χ3n) is 8.35. The molecule has 5 aromatic carbocycles. The molecule has 218 valence electrons. The molecule has 46 heavy (non-hydrogen) atoms. The van der Waals surface area contributed by atoms with Gasteiger partial charge in [-0.25, -0.2) is 9.97 Å². The van der Waals surface area contributed by atoms with E-state index in [4.69, 9.17) is 14.1 Å². The van der Waals surface area contributed by atoms with Crippen molar-refractivity contribution in [2.75, 3.05) is 4.90 Å². The van der Waals surface area contributed by atoms with Crippen molar-refractivity contribution in [2.45, 2.75) is 0 Å². The average Bonchev–Trinajstić information content (AvgIpc) is 3.66. The van der Waals surface area contributed by atoms with Crippen LogP contribution in [0.5, 0.6) is 11.6 Å². The molecule has 0 saturated heterocycles. The lowest BCUT2D eigenvalue weighted by molar-refractivity contribution is 0.458. The number of aromatic nitrogens is 3. The summed E-state index contributed by atoms with van der Waals surface area (Å²) in [6.07, 6.45) is 3.56. The van der Waals surface area contributed by atoms with Crippen molar-refractivity contribution >= 4 is 60.8 Å². The Kier molecular flexibility index (Phi) is 6.03. The van der Waals surface area contributed by atoms with E-state index in [1.165, 1.54) is 5.39 Å². The average molecular weight is 595 g/mol. The second kappa shape index (κ2) is 10.6. The van der Waals surface area contributed by atoms with Crippen molar-refractivity contribution in [1.29, 1.82) is 0 Å². The number of benzene rings is 5. The van der Waals surface area contributed by atoms with Crippen molar-refractivity contribution in [3.05, 3.63) is 158 Å². The second-order valence-electron chi connectivity index (χ2n) is 11.1. The van der Waals surface area contributed by atoms with Crippen LogP contribution in [0.1, 0.15) is 0 Å². The molecular weight excluding hydrogens is 568 g/mol. The van der Waals surface area contributed by atoms with Crippen LogP contribution in [0.3, 0.4) is 0 Å². The summed E-state index contributed by atoms with van der Waals surface area (Å²) in [5.74, 6) is 1.95. The molecule has 0 amide bonds. The molecule has 0 aliphatic carbocycles. The van der Waals surface area contributed by atoms with Crippen LogP contribution in [0.15, 0.2) is 162 Å². The largest absolute Gasteiger partial charge is 0.452 e. The molecule has 6 heteroatoms. The van der Waals surface area contributed by atoms with Gasteiger partial charge in [0.15, 0.2) is 11.3 Å². The van der Waals surface area contributed by atoms with E-state index in [9.17, 15) is 0 Å². The third kappa shape index (κ3) is 4.27. The van der Waals surface area contributed by atoms with Gasteiger partial charge in [-0.15, -0.1) is 0 Å². The maximum atomic E-state index is 6.43. The molecule has 0 unspecified atom stereocenters. The van der Waals surface area contributed by atoms with E-state index in [0.29, 0.717) is 17.2 Å². The smallest absolute Gasteiger partial charge is 0.219 e. The number of hydrogen-bond acceptors (Lipinski definition) is 5. The zero-order chi connectivity index (χ0) is 30.5. The molecule has 0 N–H and O–H groups in total. The summed E-state index contributed by atoms with van der Waals surface area (Å²) in [6, 6.07) is 49.4. The van der Waals surface area contributed by atoms with Crippen LogP contribution in [0.25, 0.3) is 49.6 Å². The van der Waals surface area contributed by atoms with E-state index in [-0.39, 0.29) is 0 Å². The summed E-state index contributed by atoms with van der Waals surface area (Å²) in [5, 5.41) is 4.32. The lowest BCUT2D eigenvalue weighted by Crippen LogP contribution is -2.10. The predicted molar refractivity (Wildman–Crippen MR) is 185 cm³/mol. The predicted octanol–water partition coefficient (Wildman–Crippen LogP) is 10.7. The van der Waals surface area contributed by atoms with Gasteiger partial charge in [-0.05, 0) is 60.7 Å².